The number of nitrogens with zero attached hydrogens (tertiary/aromatic N) is 3. The number of non-ortho nitro benzene ring substituents is 1. The van der Waals surface area contributed by atoms with E-state index in [0.29, 0.717) is 11.6 Å². The van der Waals surface area contributed by atoms with Crippen LogP contribution in [0.1, 0.15) is 11.3 Å². The first-order chi connectivity index (χ1) is 9.43. The van der Waals surface area contributed by atoms with Crippen molar-refractivity contribution in [1.29, 1.82) is 0 Å². The van der Waals surface area contributed by atoms with Gasteiger partial charge < -0.3 is 10.5 Å². The number of halogens is 1. The van der Waals surface area contributed by atoms with Crippen LogP contribution in [0, 0.1) is 17.0 Å². The molecule has 0 aliphatic carbocycles. The highest BCUT2D eigenvalue weighted by atomic mass is 35.5. The van der Waals surface area contributed by atoms with Gasteiger partial charge in [0, 0.05) is 25.7 Å². The maximum absolute atomic E-state index is 10.7. The summed E-state index contributed by atoms with van der Waals surface area (Å²) in [4.78, 5) is 10.1. The van der Waals surface area contributed by atoms with Gasteiger partial charge in [0.15, 0.2) is 0 Å². The minimum absolute atomic E-state index is 0.0948. The van der Waals surface area contributed by atoms with E-state index in [1.165, 1.54) is 18.2 Å². The lowest BCUT2D eigenvalue weighted by Crippen LogP contribution is -2.01. The largest absolute Gasteiger partial charge is 0.437 e. The van der Waals surface area contributed by atoms with Gasteiger partial charge in [0.1, 0.15) is 5.75 Å². The first-order valence-electron chi connectivity index (χ1n) is 5.78. The van der Waals surface area contributed by atoms with Gasteiger partial charge in [0.25, 0.3) is 5.69 Å². The molecule has 0 bridgehead atoms. The molecule has 20 heavy (non-hydrogen) atoms. The molecule has 0 radical (unpaired) electrons. The van der Waals surface area contributed by atoms with Gasteiger partial charge in [-0.15, -0.1) is 0 Å². The fraction of sp³-hybridized carbons (Fsp3) is 0.250. The molecule has 1 aromatic carbocycles. The summed E-state index contributed by atoms with van der Waals surface area (Å²) in [5, 5.41) is 15.0. The van der Waals surface area contributed by atoms with Gasteiger partial charge >= 0.3 is 0 Å². The SMILES string of the molecule is Cc1nn(C)c(Oc2ccc([N+](=O)[O-])cc2Cl)c1CN. The van der Waals surface area contributed by atoms with E-state index in [1.807, 2.05) is 6.92 Å². The van der Waals surface area contributed by atoms with Crippen molar-refractivity contribution in [3.63, 3.8) is 0 Å². The molecule has 7 nitrogen and oxygen atoms in total. The van der Waals surface area contributed by atoms with Gasteiger partial charge in [-0.25, -0.2) is 4.68 Å². The van der Waals surface area contributed by atoms with Crippen molar-refractivity contribution in [2.45, 2.75) is 13.5 Å². The van der Waals surface area contributed by atoms with Crippen molar-refractivity contribution in [2.24, 2.45) is 12.8 Å². The number of hydrogen-bond donors (Lipinski definition) is 1. The van der Waals surface area contributed by atoms with E-state index in [1.54, 1.807) is 11.7 Å². The van der Waals surface area contributed by atoms with Crippen molar-refractivity contribution >= 4 is 17.3 Å². The number of nitrogens with two attached hydrogens (primary N) is 1. The molecule has 0 spiro atoms. The van der Waals surface area contributed by atoms with Crippen LogP contribution in [0.4, 0.5) is 5.69 Å². The van der Waals surface area contributed by atoms with Crippen molar-refractivity contribution in [3.8, 4) is 11.6 Å². The number of ether oxygens (including phenoxy) is 1. The minimum Gasteiger partial charge on any atom is -0.437 e. The average Bonchev–Trinajstić information content (AvgIpc) is 2.65. The Morgan fingerprint density at radius 2 is 2.25 bits per heavy atom. The van der Waals surface area contributed by atoms with Crippen LogP contribution in [-0.4, -0.2) is 14.7 Å². The van der Waals surface area contributed by atoms with Crippen LogP contribution in [0.2, 0.25) is 5.02 Å². The summed E-state index contributed by atoms with van der Waals surface area (Å²) in [5.74, 6) is 0.788. The Bertz CT molecular complexity index is 669. The molecule has 1 aromatic heterocycles. The van der Waals surface area contributed by atoms with E-state index in [0.717, 1.165) is 11.3 Å². The zero-order valence-corrected chi connectivity index (χ0v) is 11.7. The normalized spacial score (nSPS) is 10.6. The lowest BCUT2D eigenvalue weighted by molar-refractivity contribution is -0.384. The monoisotopic (exact) mass is 296 g/mol. The molecule has 106 valence electrons. The predicted octanol–water partition coefficient (Wildman–Crippen LogP) is 2.54. The number of nitro groups is 1. The highest BCUT2D eigenvalue weighted by molar-refractivity contribution is 6.32. The van der Waals surface area contributed by atoms with Gasteiger partial charge in [0.05, 0.1) is 21.2 Å². The second-order valence-electron chi connectivity index (χ2n) is 4.17. The molecule has 2 aromatic rings. The predicted molar refractivity (Wildman–Crippen MR) is 74.0 cm³/mol. The Kier molecular flexibility index (Phi) is 3.91. The number of hydrogen-bond acceptors (Lipinski definition) is 5. The summed E-state index contributed by atoms with van der Waals surface area (Å²) >= 11 is 5.99. The van der Waals surface area contributed by atoms with Gasteiger partial charge in [-0.3, -0.25) is 10.1 Å². The molecule has 0 aliphatic rings. The molecule has 0 saturated carbocycles. The van der Waals surface area contributed by atoms with E-state index in [2.05, 4.69) is 5.10 Å². The zero-order valence-electron chi connectivity index (χ0n) is 11.0. The molecule has 8 heteroatoms. The number of aryl methyl sites for hydroxylation is 2. The smallest absolute Gasteiger partial charge is 0.271 e. The first-order valence-corrected chi connectivity index (χ1v) is 6.16. The average molecular weight is 297 g/mol. The number of nitro benzene ring substituents is 1. The molecular formula is C12H13ClN4O3. The maximum atomic E-state index is 10.7. The quantitative estimate of drug-likeness (QED) is 0.691. The Morgan fingerprint density at radius 3 is 2.80 bits per heavy atom. The van der Waals surface area contributed by atoms with Gasteiger partial charge in [-0.2, -0.15) is 5.10 Å². The molecule has 1 heterocycles. The molecular weight excluding hydrogens is 284 g/mol. The molecule has 0 unspecified atom stereocenters. The van der Waals surface area contributed by atoms with Crippen LogP contribution in [0.5, 0.6) is 11.6 Å². The van der Waals surface area contributed by atoms with E-state index < -0.39 is 4.92 Å². The van der Waals surface area contributed by atoms with Crippen molar-refractivity contribution in [1.82, 2.24) is 9.78 Å². The van der Waals surface area contributed by atoms with Crippen molar-refractivity contribution in [2.75, 3.05) is 0 Å². The van der Waals surface area contributed by atoms with E-state index >= 15 is 0 Å². The first kappa shape index (κ1) is 14.3. The highest BCUT2D eigenvalue weighted by Gasteiger charge is 2.17. The summed E-state index contributed by atoms with van der Waals surface area (Å²) in [6.45, 7) is 2.10. The lowest BCUT2D eigenvalue weighted by Gasteiger charge is -2.09. The highest BCUT2D eigenvalue weighted by Crippen LogP contribution is 2.34. The molecule has 2 rings (SSSR count). The lowest BCUT2D eigenvalue weighted by atomic mass is 10.2. The van der Waals surface area contributed by atoms with Crippen molar-refractivity contribution < 1.29 is 9.66 Å². The Balaban J connectivity index is 2.38. The molecule has 2 N–H and O–H groups in total. The van der Waals surface area contributed by atoms with E-state index in [4.69, 9.17) is 22.1 Å². The van der Waals surface area contributed by atoms with Gasteiger partial charge in [0.2, 0.25) is 5.88 Å². The molecule has 0 amide bonds. The summed E-state index contributed by atoms with van der Waals surface area (Å²) in [6, 6.07) is 4.01. The summed E-state index contributed by atoms with van der Waals surface area (Å²) < 4.78 is 7.23. The number of aromatic nitrogens is 2. The summed E-state index contributed by atoms with van der Waals surface area (Å²) in [6.07, 6.45) is 0. The van der Waals surface area contributed by atoms with E-state index in [-0.39, 0.29) is 17.3 Å². The summed E-state index contributed by atoms with van der Waals surface area (Å²) in [5.41, 5.74) is 7.10. The Labute approximate surface area is 120 Å². The van der Waals surface area contributed by atoms with Gasteiger partial charge in [-0.1, -0.05) is 11.6 Å². The van der Waals surface area contributed by atoms with Crippen LogP contribution in [-0.2, 0) is 13.6 Å². The van der Waals surface area contributed by atoms with E-state index in [9.17, 15) is 10.1 Å². The second-order valence-corrected chi connectivity index (χ2v) is 4.58. The summed E-state index contributed by atoms with van der Waals surface area (Å²) in [7, 11) is 1.72. The topological polar surface area (TPSA) is 96.2 Å². The molecule has 0 saturated heterocycles. The standard InChI is InChI=1S/C12H13ClN4O3/c1-7-9(6-14)12(16(2)15-7)20-11-4-3-8(17(18)19)5-10(11)13/h3-5H,6,14H2,1-2H3. The zero-order chi connectivity index (χ0) is 14.9. The Hall–Kier alpha value is -2.12. The van der Waals surface area contributed by atoms with Crippen molar-refractivity contribution in [3.05, 3.63) is 44.6 Å². The molecule has 0 aliphatic heterocycles. The number of benzene rings is 1. The Morgan fingerprint density at radius 1 is 1.55 bits per heavy atom. The fourth-order valence-electron chi connectivity index (χ4n) is 1.83. The third-order valence-corrected chi connectivity index (χ3v) is 3.12. The second kappa shape index (κ2) is 5.48. The molecule has 0 fully saturated rings. The fourth-order valence-corrected chi connectivity index (χ4v) is 2.05. The van der Waals surface area contributed by atoms with Crippen LogP contribution >= 0.6 is 11.6 Å². The molecule has 0 atom stereocenters. The minimum atomic E-state index is -0.519. The van der Waals surface area contributed by atoms with Crippen LogP contribution in [0.25, 0.3) is 0 Å². The number of rotatable bonds is 4. The van der Waals surface area contributed by atoms with Crippen LogP contribution in [0.15, 0.2) is 18.2 Å². The van der Waals surface area contributed by atoms with Gasteiger partial charge in [-0.05, 0) is 13.0 Å². The third-order valence-electron chi connectivity index (χ3n) is 2.83. The third kappa shape index (κ3) is 2.59. The maximum Gasteiger partial charge on any atom is 0.271 e. The van der Waals surface area contributed by atoms with Crippen LogP contribution in [0.3, 0.4) is 0 Å². The van der Waals surface area contributed by atoms with Crippen LogP contribution < -0.4 is 10.5 Å².